The zero-order chi connectivity index (χ0) is 15.5. The molecule has 1 heterocycles. The highest BCUT2D eigenvalue weighted by Gasteiger charge is 2.17. The second kappa shape index (κ2) is 5.79. The first kappa shape index (κ1) is 14.0. The molecule has 3 rings (SSSR count). The molecule has 112 valence electrons. The number of H-pyrrole nitrogens is 2. The molecule has 1 aromatic heterocycles. The van der Waals surface area contributed by atoms with E-state index in [0.717, 1.165) is 0 Å². The van der Waals surface area contributed by atoms with E-state index >= 15 is 0 Å². The number of rotatable bonds is 4. The predicted molar refractivity (Wildman–Crippen MR) is 80.1 cm³/mol. The van der Waals surface area contributed by atoms with Gasteiger partial charge in [0.1, 0.15) is 23.3 Å². The molecule has 6 nitrogen and oxygen atoms in total. The first-order valence-electron chi connectivity index (χ1n) is 6.65. The summed E-state index contributed by atoms with van der Waals surface area (Å²) in [6.45, 7) is 0. The summed E-state index contributed by atoms with van der Waals surface area (Å²) >= 11 is 0. The largest absolute Gasteiger partial charge is 0.493 e. The van der Waals surface area contributed by atoms with Gasteiger partial charge in [0.05, 0.1) is 0 Å². The summed E-state index contributed by atoms with van der Waals surface area (Å²) in [4.78, 5) is 15.6. The molecule has 0 saturated carbocycles. The van der Waals surface area contributed by atoms with Gasteiger partial charge in [-0.2, -0.15) is 0 Å². The highest BCUT2D eigenvalue weighted by Crippen LogP contribution is 2.27. The van der Waals surface area contributed by atoms with Gasteiger partial charge in [-0.15, -0.1) is 0 Å². The van der Waals surface area contributed by atoms with Crippen molar-refractivity contribution in [3.8, 4) is 17.4 Å². The molecule has 0 aliphatic carbocycles. The zero-order valence-corrected chi connectivity index (χ0v) is 11.5. The average Bonchev–Trinajstić information content (AvgIpc) is 2.87. The number of aliphatic hydroxyl groups is 1. The SMILES string of the molecule is O=c1[nH]c(O)c(C(O)c2ccc(Oc3ccccc3)cc2)[nH]1. The number of ether oxygens (including phenoxy) is 1. The van der Waals surface area contributed by atoms with Crippen LogP contribution in [0.25, 0.3) is 0 Å². The Kier molecular flexibility index (Phi) is 3.67. The first-order valence-corrected chi connectivity index (χ1v) is 6.65. The number of imidazole rings is 1. The van der Waals surface area contributed by atoms with Crippen molar-refractivity contribution in [1.29, 1.82) is 0 Å². The van der Waals surface area contributed by atoms with E-state index < -0.39 is 11.8 Å². The second-order valence-electron chi connectivity index (χ2n) is 4.73. The standard InChI is InChI=1S/C16H14N2O4/c19-14(13-15(20)18-16(21)17-13)10-6-8-12(9-7-10)22-11-4-2-1-3-5-11/h1-9,14,19-20H,(H2,17,18,21). The maximum atomic E-state index is 11.1. The Morgan fingerprint density at radius 2 is 1.55 bits per heavy atom. The molecule has 0 aliphatic heterocycles. The Balaban J connectivity index is 1.79. The van der Waals surface area contributed by atoms with Crippen molar-refractivity contribution < 1.29 is 14.9 Å². The monoisotopic (exact) mass is 298 g/mol. The number of aromatic hydroxyl groups is 1. The molecule has 0 aliphatic rings. The second-order valence-corrected chi connectivity index (χ2v) is 4.73. The lowest BCUT2D eigenvalue weighted by Gasteiger charge is -2.11. The van der Waals surface area contributed by atoms with Gasteiger partial charge in [0.15, 0.2) is 0 Å². The van der Waals surface area contributed by atoms with Gasteiger partial charge in [0.25, 0.3) is 0 Å². The lowest BCUT2D eigenvalue weighted by atomic mass is 10.1. The van der Waals surface area contributed by atoms with Gasteiger partial charge >= 0.3 is 5.69 Å². The number of aromatic amines is 2. The van der Waals surface area contributed by atoms with Gasteiger partial charge in [0.2, 0.25) is 5.88 Å². The molecule has 6 heteroatoms. The quantitative estimate of drug-likeness (QED) is 0.594. The zero-order valence-electron chi connectivity index (χ0n) is 11.5. The molecule has 2 aromatic carbocycles. The highest BCUT2D eigenvalue weighted by molar-refractivity contribution is 5.36. The van der Waals surface area contributed by atoms with Crippen LogP contribution in [0.5, 0.6) is 17.4 Å². The van der Waals surface area contributed by atoms with E-state index in [9.17, 15) is 15.0 Å². The maximum Gasteiger partial charge on any atom is 0.326 e. The van der Waals surface area contributed by atoms with E-state index in [1.54, 1.807) is 24.3 Å². The fraction of sp³-hybridized carbons (Fsp3) is 0.0625. The Labute approximate surface area is 125 Å². The number of hydrogen-bond donors (Lipinski definition) is 4. The van der Waals surface area contributed by atoms with E-state index in [4.69, 9.17) is 4.74 Å². The number of nitrogens with one attached hydrogen (secondary N) is 2. The Morgan fingerprint density at radius 3 is 2.14 bits per heavy atom. The van der Waals surface area contributed by atoms with Gasteiger partial charge in [0, 0.05) is 0 Å². The van der Waals surface area contributed by atoms with Crippen LogP contribution in [0.2, 0.25) is 0 Å². The molecule has 1 unspecified atom stereocenters. The molecule has 0 fully saturated rings. The van der Waals surface area contributed by atoms with Crippen molar-refractivity contribution in [3.63, 3.8) is 0 Å². The van der Waals surface area contributed by atoms with Crippen LogP contribution in [0.4, 0.5) is 0 Å². The summed E-state index contributed by atoms with van der Waals surface area (Å²) in [6.07, 6.45) is -1.13. The van der Waals surface area contributed by atoms with E-state index in [-0.39, 0.29) is 11.6 Å². The number of benzene rings is 2. The smallest absolute Gasteiger partial charge is 0.326 e. The van der Waals surface area contributed by atoms with Gasteiger partial charge in [-0.1, -0.05) is 30.3 Å². The van der Waals surface area contributed by atoms with Crippen molar-refractivity contribution >= 4 is 0 Å². The van der Waals surface area contributed by atoms with Crippen molar-refractivity contribution in [1.82, 2.24) is 9.97 Å². The summed E-state index contributed by atoms with van der Waals surface area (Å²) in [5.41, 5.74) is -0.0247. The Hall–Kier alpha value is -2.99. The third-order valence-corrected chi connectivity index (χ3v) is 3.18. The molecule has 0 saturated heterocycles. The van der Waals surface area contributed by atoms with Crippen molar-refractivity contribution in [2.24, 2.45) is 0 Å². The van der Waals surface area contributed by atoms with Gasteiger partial charge in [-0.3, -0.25) is 4.98 Å². The van der Waals surface area contributed by atoms with Crippen LogP contribution in [-0.4, -0.2) is 20.2 Å². The highest BCUT2D eigenvalue weighted by atomic mass is 16.5. The van der Waals surface area contributed by atoms with Crippen LogP contribution in [0, 0.1) is 0 Å². The van der Waals surface area contributed by atoms with E-state index in [0.29, 0.717) is 17.1 Å². The van der Waals surface area contributed by atoms with Crippen LogP contribution < -0.4 is 10.4 Å². The van der Waals surface area contributed by atoms with Crippen LogP contribution >= 0.6 is 0 Å². The Morgan fingerprint density at radius 1 is 0.909 bits per heavy atom. The number of aromatic nitrogens is 2. The third kappa shape index (κ3) is 2.87. The van der Waals surface area contributed by atoms with Crippen LogP contribution in [0.1, 0.15) is 17.4 Å². The molecular formula is C16H14N2O4. The van der Waals surface area contributed by atoms with E-state index in [1.165, 1.54) is 0 Å². The van der Waals surface area contributed by atoms with Crippen molar-refractivity contribution in [2.75, 3.05) is 0 Å². The number of hydrogen-bond acceptors (Lipinski definition) is 4. The molecule has 0 bridgehead atoms. The molecule has 0 radical (unpaired) electrons. The van der Waals surface area contributed by atoms with Gasteiger partial charge < -0.3 is 19.9 Å². The minimum atomic E-state index is -1.13. The summed E-state index contributed by atoms with van der Waals surface area (Å²) in [5, 5.41) is 19.7. The Bertz CT molecular complexity index is 806. The molecular weight excluding hydrogens is 284 g/mol. The summed E-state index contributed by atoms with van der Waals surface area (Å²) in [6, 6.07) is 16.0. The normalized spacial score (nSPS) is 12.0. The van der Waals surface area contributed by atoms with Gasteiger partial charge in [-0.25, -0.2) is 4.79 Å². The number of para-hydroxylation sites is 1. The molecule has 4 N–H and O–H groups in total. The molecule has 1 atom stereocenters. The van der Waals surface area contributed by atoms with Crippen LogP contribution in [0.15, 0.2) is 59.4 Å². The predicted octanol–water partition coefficient (Wildman–Crippen LogP) is 2.28. The lowest BCUT2D eigenvalue weighted by molar-refractivity contribution is 0.210. The van der Waals surface area contributed by atoms with Crippen molar-refractivity contribution in [2.45, 2.75) is 6.10 Å². The minimum Gasteiger partial charge on any atom is -0.493 e. The van der Waals surface area contributed by atoms with Crippen LogP contribution in [-0.2, 0) is 0 Å². The fourth-order valence-electron chi connectivity index (χ4n) is 2.09. The maximum absolute atomic E-state index is 11.1. The summed E-state index contributed by atoms with van der Waals surface area (Å²) < 4.78 is 5.65. The third-order valence-electron chi connectivity index (χ3n) is 3.18. The molecule has 22 heavy (non-hydrogen) atoms. The molecule has 3 aromatic rings. The topological polar surface area (TPSA) is 98.3 Å². The van der Waals surface area contributed by atoms with Gasteiger partial charge in [-0.05, 0) is 29.8 Å². The van der Waals surface area contributed by atoms with E-state index in [1.807, 2.05) is 30.3 Å². The van der Waals surface area contributed by atoms with Crippen molar-refractivity contribution in [3.05, 3.63) is 76.3 Å². The van der Waals surface area contributed by atoms with E-state index in [2.05, 4.69) is 9.97 Å². The number of aliphatic hydroxyl groups excluding tert-OH is 1. The summed E-state index contributed by atoms with van der Waals surface area (Å²) in [5.74, 6) is 0.958. The molecule has 0 amide bonds. The summed E-state index contributed by atoms with van der Waals surface area (Å²) in [7, 11) is 0. The minimum absolute atomic E-state index is 0.0294. The first-order chi connectivity index (χ1) is 10.6. The average molecular weight is 298 g/mol. The lowest BCUT2D eigenvalue weighted by Crippen LogP contribution is -2.05. The molecule has 0 spiro atoms. The van der Waals surface area contributed by atoms with Crippen LogP contribution in [0.3, 0.4) is 0 Å². The fourth-order valence-corrected chi connectivity index (χ4v) is 2.09.